The summed E-state index contributed by atoms with van der Waals surface area (Å²) in [7, 11) is 1.81. The highest BCUT2D eigenvalue weighted by Gasteiger charge is 2.23. The molecular weight excluding hydrogens is 443 g/mol. The molecule has 2 aromatic carbocycles. The van der Waals surface area contributed by atoms with E-state index in [1.807, 2.05) is 7.05 Å². The largest absolute Gasteiger partial charge is 0.473 e. The molecule has 1 aliphatic rings. The van der Waals surface area contributed by atoms with E-state index >= 15 is 0 Å². The Morgan fingerprint density at radius 2 is 1.79 bits per heavy atom. The average molecular weight is 460 g/mol. The van der Waals surface area contributed by atoms with Gasteiger partial charge in [-0.25, -0.2) is 19.0 Å². The van der Waals surface area contributed by atoms with Gasteiger partial charge >= 0.3 is 11.9 Å². The third kappa shape index (κ3) is 5.33. The molecule has 13 heteroatoms. The summed E-state index contributed by atoms with van der Waals surface area (Å²) < 4.78 is 25.4. The van der Waals surface area contributed by atoms with Gasteiger partial charge in [-0.15, -0.1) is 0 Å². The van der Waals surface area contributed by atoms with Crippen molar-refractivity contribution >= 4 is 23.6 Å². The number of nitrogens with one attached hydrogen (secondary N) is 1. The van der Waals surface area contributed by atoms with Crippen LogP contribution in [-0.2, 0) is 23.2 Å². The number of carbonyl (C=O) groups is 2. The van der Waals surface area contributed by atoms with Crippen LogP contribution < -0.4 is 14.8 Å². The Morgan fingerprint density at radius 1 is 1.18 bits per heavy atom. The van der Waals surface area contributed by atoms with Crippen LogP contribution >= 0.6 is 0 Å². The van der Waals surface area contributed by atoms with E-state index in [0.717, 1.165) is 11.3 Å². The van der Waals surface area contributed by atoms with Gasteiger partial charge in [0.25, 0.3) is 5.69 Å². The molecule has 3 N–H and O–H groups in total. The Bertz CT molecular complexity index is 1200. The zero-order valence-electron chi connectivity index (χ0n) is 17.0. The number of nitrogens with zero attached hydrogens (tertiary/aromatic N) is 3. The van der Waals surface area contributed by atoms with Gasteiger partial charge in [-0.3, -0.25) is 10.1 Å². The van der Waals surface area contributed by atoms with Crippen LogP contribution in [0.25, 0.3) is 11.3 Å². The normalized spacial score (nSPS) is 11.3. The molecule has 1 aromatic heterocycles. The predicted molar refractivity (Wildman–Crippen MR) is 110 cm³/mol. The quantitative estimate of drug-likeness (QED) is 0.293. The molecule has 12 nitrogen and oxygen atoms in total. The summed E-state index contributed by atoms with van der Waals surface area (Å²) in [4.78, 5) is 33.4. The van der Waals surface area contributed by atoms with Crippen molar-refractivity contribution in [2.24, 2.45) is 7.05 Å². The number of imidazole rings is 1. The number of hydrogen-bond donors (Lipinski definition) is 3. The number of nitro benzene ring substituents is 1. The fourth-order valence-electron chi connectivity index (χ4n) is 2.92. The van der Waals surface area contributed by atoms with Crippen molar-refractivity contribution in [3.8, 4) is 22.8 Å². The fourth-order valence-corrected chi connectivity index (χ4v) is 2.92. The minimum Gasteiger partial charge on any atom is -0.473 e. The third-order valence-corrected chi connectivity index (χ3v) is 4.52. The minimum atomic E-state index is -1.82. The predicted octanol–water partition coefficient (Wildman–Crippen LogP) is 2.63. The number of anilines is 1. The van der Waals surface area contributed by atoms with Gasteiger partial charge in [0.2, 0.25) is 12.7 Å². The number of carboxylic acid groups (broad SMARTS) is 2. The molecule has 1 aliphatic heterocycles. The molecule has 0 saturated heterocycles. The van der Waals surface area contributed by atoms with Crippen LogP contribution in [0.4, 0.5) is 16.0 Å². The smallest absolute Gasteiger partial charge is 0.414 e. The first-order valence-corrected chi connectivity index (χ1v) is 9.22. The summed E-state index contributed by atoms with van der Waals surface area (Å²) in [5.41, 5.74) is 2.00. The van der Waals surface area contributed by atoms with Gasteiger partial charge in [0.1, 0.15) is 5.82 Å². The maximum Gasteiger partial charge on any atom is 0.414 e. The lowest BCUT2D eigenvalue weighted by molar-refractivity contribution is -0.385. The molecule has 2 heterocycles. The van der Waals surface area contributed by atoms with Gasteiger partial charge < -0.3 is 29.6 Å². The molecule has 0 aliphatic carbocycles. The lowest BCUT2D eigenvalue weighted by atomic mass is 10.1. The lowest BCUT2D eigenvalue weighted by Crippen LogP contribution is -2.09. The molecule has 0 amide bonds. The van der Waals surface area contributed by atoms with Gasteiger partial charge in [0.05, 0.1) is 28.4 Å². The van der Waals surface area contributed by atoms with Crippen LogP contribution in [0.5, 0.6) is 11.5 Å². The van der Waals surface area contributed by atoms with Crippen molar-refractivity contribution < 1.29 is 38.6 Å². The number of aromatic nitrogens is 2. The van der Waals surface area contributed by atoms with Crippen LogP contribution in [0.1, 0.15) is 5.56 Å². The van der Waals surface area contributed by atoms with Gasteiger partial charge in [0.15, 0.2) is 11.5 Å². The van der Waals surface area contributed by atoms with Crippen LogP contribution in [0.3, 0.4) is 0 Å². The minimum absolute atomic E-state index is 0.0454. The lowest BCUT2D eigenvalue weighted by Gasteiger charge is -2.09. The molecule has 0 atom stereocenters. The molecule has 4 rings (SSSR count). The molecular formula is C20H17FN4O8. The first-order valence-electron chi connectivity index (χ1n) is 9.22. The summed E-state index contributed by atoms with van der Waals surface area (Å²) in [5, 5.41) is 29.2. The molecule has 0 unspecified atom stereocenters. The molecule has 0 bridgehead atoms. The van der Waals surface area contributed by atoms with E-state index in [2.05, 4.69) is 10.3 Å². The molecule has 0 fully saturated rings. The number of halogens is 1. The van der Waals surface area contributed by atoms with E-state index in [9.17, 15) is 14.5 Å². The second-order valence-electron chi connectivity index (χ2n) is 6.59. The number of nitro groups is 1. The van der Waals surface area contributed by atoms with Crippen molar-refractivity contribution in [1.82, 2.24) is 9.55 Å². The highest BCUT2D eigenvalue weighted by Crippen LogP contribution is 2.38. The number of rotatable bonds is 5. The van der Waals surface area contributed by atoms with Crippen LogP contribution in [0.2, 0.25) is 0 Å². The summed E-state index contributed by atoms with van der Waals surface area (Å²) in [5.74, 6) is -2.59. The summed E-state index contributed by atoms with van der Waals surface area (Å²) >= 11 is 0. The zero-order chi connectivity index (χ0) is 24.1. The van der Waals surface area contributed by atoms with Crippen LogP contribution in [0, 0.1) is 15.9 Å². The SMILES string of the molecule is Cn1c(-c2ccc(F)cc2)cnc1NCc1cc2c(cc1[N+](=O)[O-])OCO2.O=C(O)C(=O)O. The highest BCUT2D eigenvalue weighted by atomic mass is 19.1. The summed E-state index contributed by atoms with van der Waals surface area (Å²) in [6.07, 6.45) is 1.66. The summed E-state index contributed by atoms with van der Waals surface area (Å²) in [6.45, 7) is 0.227. The first kappa shape index (κ1) is 23.0. The number of benzene rings is 2. The van der Waals surface area contributed by atoms with E-state index in [4.69, 9.17) is 29.3 Å². The Morgan fingerprint density at radius 3 is 2.36 bits per heavy atom. The van der Waals surface area contributed by atoms with E-state index in [1.165, 1.54) is 18.2 Å². The molecule has 0 saturated carbocycles. The van der Waals surface area contributed by atoms with Crippen LogP contribution in [-0.4, -0.2) is 43.4 Å². The topological polar surface area (TPSA) is 166 Å². The van der Waals surface area contributed by atoms with Crippen molar-refractivity contribution in [2.75, 3.05) is 12.1 Å². The molecule has 33 heavy (non-hydrogen) atoms. The Labute approximate surface area is 185 Å². The van der Waals surface area contributed by atoms with Crippen molar-refractivity contribution in [2.45, 2.75) is 6.54 Å². The van der Waals surface area contributed by atoms with Crippen molar-refractivity contribution in [3.63, 3.8) is 0 Å². The summed E-state index contributed by atoms with van der Waals surface area (Å²) in [6, 6.07) is 9.05. The van der Waals surface area contributed by atoms with Gasteiger partial charge in [-0.2, -0.15) is 0 Å². The third-order valence-electron chi connectivity index (χ3n) is 4.52. The maximum atomic E-state index is 13.1. The van der Waals surface area contributed by atoms with Crippen LogP contribution in [0.15, 0.2) is 42.6 Å². The van der Waals surface area contributed by atoms with Gasteiger partial charge in [-0.05, 0) is 30.3 Å². The Kier molecular flexibility index (Phi) is 6.71. The van der Waals surface area contributed by atoms with E-state index in [-0.39, 0.29) is 24.8 Å². The first-order chi connectivity index (χ1) is 15.7. The molecule has 3 aromatic rings. The van der Waals surface area contributed by atoms with E-state index in [1.54, 1.807) is 29.0 Å². The van der Waals surface area contributed by atoms with Gasteiger partial charge in [-0.1, -0.05) is 0 Å². The Hall–Kier alpha value is -4.68. The van der Waals surface area contributed by atoms with E-state index in [0.29, 0.717) is 23.0 Å². The monoisotopic (exact) mass is 460 g/mol. The number of carboxylic acids is 2. The highest BCUT2D eigenvalue weighted by molar-refractivity contribution is 6.27. The maximum absolute atomic E-state index is 13.1. The number of aliphatic carboxylic acids is 2. The molecule has 0 radical (unpaired) electrons. The second kappa shape index (κ2) is 9.64. The van der Waals surface area contributed by atoms with E-state index < -0.39 is 16.9 Å². The Balaban J connectivity index is 0.000000454. The number of hydrogen-bond acceptors (Lipinski definition) is 8. The van der Waals surface area contributed by atoms with Crippen molar-refractivity contribution in [1.29, 1.82) is 0 Å². The van der Waals surface area contributed by atoms with Gasteiger partial charge in [0, 0.05) is 19.2 Å². The second-order valence-corrected chi connectivity index (χ2v) is 6.59. The molecule has 0 spiro atoms. The standard InChI is InChI=1S/C18H15FN4O4.C2H2O4/c1-22-15(11-2-4-13(19)5-3-11)9-21-18(22)20-8-12-6-16-17(27-10-26-16)7-14(12)23(24)25;3-1(4)2(5)6/h2-7,9H,8,10H2,1H3,(H,20,21);(H,3,4)(H,5,6). The van der Waals surface area contributed by atoms with Crippen molar-refractivity contribution in [3.05, 3.63) is 64.1 Å². The zero-order valence-corrected chi connectivity index (χ0v) is 17.0. The fraction of sp³-hybridized carbons (Fsp3) is 0.150. The molecule has 172 valence electrons. The number of fused-ring (bicyclic) bond motifs is 1. The number of ether oxygens (including phenoxy) is 2. The average Bonchev–Trinajstić information content (AvgIpc) is 3.38.